The minimum absolute atomic E-state index is 0.200. The van der Waals surface area contributed by atoms with E-state index in [2.05, 4.69) is 75.8 Å². The second-order valence-electron chi connectivity index (χ2n) is 5.99. The summed E-state index contributed by atoms with van der Waals surface area (Å²) in [6.07, 6.45) is 0. The third-order valence-corrected chi connectivity index (χ3v) is 4.57. The molecule has 2 aromatic rings. The largest absolute Gasteiger partial charge is 0.321 e. The van der Waals surface area contributed by atoms with Crippen LogP contribution in [0.2, 0.25) is 0 Å². The summed E-state index contributed by atoms with van der Waals surface area (Å²) in [6.45, 7) is 10.9. The quantitative estimate of drug-likeness (QED) is 0.780. The average Bonchev–Trinajstić information content (AvgIpc) is 2.68. The molecule has 0 saturated carbocycles. The van der Waals surface area contributed by atoms with Crippen molar-refractivity contribution in [3.63, 3.8) is 0 Å². The molecule has 0 bridgehead atoms. The summed E-state index contributed by atoms with van der Waals surface area (Å²) in [4.78, 5) is 8.04. The molecule has 2 rings (SSSR count). The maximum absolute atomic E-state index is 4.60. The normalized spacial score (nSPS) is 11.7. The first kappa shape index (κ1) is 14.1. The van der Waals surface area contributed by atoms with Crippen molar-refractivity contribution < 1.29 is 0 Å². The molecule has 0 unspecified atom stereocenters. The molecule has 1 heterocycles. The summed E-state index contributed by atoms with van der Waals surface area (Å²) in [5.74, 6) is 0. The van der Waals surface area contributed by atoms with Gasteiger partial charge in [-0.2, -0.15) is 0 Å². The topological polar surface area (TPSA) is 16.1 Å². The predicted molar refractivity (Wildman–Crippen MR) is 84.8 cm³/mol. The van der Waals surface area contributed by atoms with Gasteiger partial charge in [0.25, 0.3) is 0 Å². The van der Waals surface area contributed by atoms with E-state index in [-0.39, 0.29) is 5.41 Å². The van der Waals surface area contributed by atoms with Crippen LogP contribution in [0.25, 0.3) is 0 Å². The van der Waals surface area contributed by atoms with Gasteiger partial charge in [-0.25, -0.2) is 4.98 Å². The molecule has 0 fully saturated rings. The van der Waals surface area contributed by atoms with Gasteiger partial charge in [0.05, 0.1) is 5.69 Å². The highest BCUT2D eigenvalue weighted by molar-refractivity contribution is 7.15. The van der Waals surface area contributed by atoms with E-state index in [9.17, 15) is 0 Å². The third-order valence-electron chi connectivity index (χ3n) is 3.42. The molecule has 3 heteroatoms. The Morgan fingerprint density at radius 3 is 2.05 bits per heavy atom. The van der Waals surface area contributed by atoms with Gasteiger partial charge in [0.2, 0.25) is 0 Å². The smallest absolute Gasteiger partial charge is 0.190 e. The number of thiazole rings is 1. The van der Waals surface area contributed by atoms with Crippen molar-refractivity contribution in [1.82, 2.24) is 4.98 Å². The number of benzene rings is 1. The van der Waals surface area contributed by atoms with Crippen LogP contribution in [0, 0.1) is 13.8 Å². The fraction of sp³-hybridized carbons (Fsp3) is 0.438. The van der Waals surface area contributed by atoms with Gasteiger partial charge in [0.15, 0.2) is 5.13 Å². The van der Waals surface area contributed by atoms with Gasteiger partial charge in [-0.05, 0) is 37.0 Å². The maximum atomic E-state index is 4.60. The van der Waals surface area contributed by atoms with Crippen LogP contribution < -0.4 is 4.90 Å². The Labute approximate surface area is 120 Å². The zero-order valence-electron chi connectivity index (χ0n) is 12.6. The van der Waals surface area contributed by atoms with Crippen LogP contribution in [0.15, 0.2) is 24.3 Å². The van der Waals surface area contributed by atoms with Crippen LogP contribution in [-0.4, -0.2) is 12.0 Å². The van der Waals surface area contributed by atoms with Crippen molar-refractivity contribution >= 4 is 22.2 Å². The van der Waals surface area contributed by atoms with Crippen molar-refractivity contribution in [2.45, 2.75) is 40.0 Å². The first-order valence-corrected chi connectivity index (χ1v) is 7.39. The summed E-state index contributed by atoms with van der Waals surface area (Å²) in [5.41, 5.74) is 3.86. The number of hydrogen-bond donors (Lipinski definition) is 0. The van der Waals surface area contributed by atoms with Gasteiger partial charge < -0.3 is 4.90 Å². The Kier molecular flexibility index (Phi) is 3.68. The minimum Gasteiger partial charge on any atom is -0.321 e. The van der Waals surface area contributed by atoms with Crippen molar-refractivity contribution in [3.8, 4) is 0 Å². The van der Waals surface area contributed by atoms with Gasteiger partial charge >= 0.3 is 0 Å². The number of aryl methyl sites for hydroxylation is 2. The highest BCUT2D eigenvalue weighted by Crippen LogP contribution is 2.31. The van der Waals surface area contributed by atoms with E-state index >= 15 is 0 Å². The van der Waals surface area contributed by atoms with Crippen LogP contribution in [0.1, 0.15) is 36.9 Å². The van der Waals surface area contributed by atoms with E-state index < -0.39 is 0 Å². The molecule has 1 aromatic heterocycles. The lowest BCUT2D eigenvalue weighted by Crippen LogP contribution is -2.12. The number of rotatable bonds is 2. The van der Waals surface area contributed by atoms with E-state index in [1.807, 2.05) is 0 Å². The summed E-state index contributed by atoms with van der Waals surface area (Å²) < 4.78 is 0. The Balaban J connectivity index is 2.27. The zero-order chi connectivity index (χ0) is 14.2. The molecule has 2 nitrogen and oxygen atoms in total. The molecule has 0 radical (unpaired) electrons. The monoisotopic (exact) mass is 274 g/mol. The molecule has 0 N–H and O–H groups in total. The first-order chi connectivity index (χ1) is 8.79. The molecule has 1 aromatic carbocycles. The van der Waals surface area contributed by atoms with E-state index in [1.54, 1.807) is 11.3 Å². The average molecular weight is 274 g/mol. The molecule has 0 aliphatic heterocycles. The summed E-state index contributed by atoms with van der Waals surface area (Å²) >= 11 is 1.74. The Bertz CT molecular complexity index is 542. The van der Waals surface area contributed by atoms with Gasteiger partial charge in [-0.1, -0.05) is 32.9 Å². The summed E-state index contributed by atoms with van der Waals surface area (Å²) in [7, 11) is 2.07. The molecule has 0 aliphatic rings. The van der Waals surface area contributed by atoms with Crippen LogP contribution in [0.5, 0.6) is 0 Å². The Morgan fingerprint density at radius 2 is 1.63 bits per heavy atom. The lowest BCUT2D eigenvalue weighted by Gasteiger charge is -2.21. The Morgan fingerprint density at radius 1 is 1.05 bits per heavy atom. The maximum Gasteiger partial charge on any atom is 0.190 e. The summed E-state index contributed by atoms with van der Waals surface area (Å²) in [6, 6.07) is 8.76. The molecular formula is C16H22N2S. The minimum atomic E-state index is 0.200. The molecule has 0 atom stereocenters. The van der Waals surface area contributed by atoms with Crippen LogP contribution in [-0.2, 0) is 5.41 Å². The lowest BCUT2D eigenvalue weighted by molar-refractivity contribution is 0.590. The highest BCUT2D eigenvalue weighted by Gasteiger charge is 2.15. The second-order valence-corrected chi connectivity index (χ2v) is 7.18. The lowest BCUT2D eigenvalue weighted by atomic mass is 9.87. The molecule has 0 saturated heterocycles. The summed E-state index contributed by atoms with van der Waals surface area (Å²) in [5, 5.41) is 1.05. The molecular weight excluding hydrogens is 252 g/mol. The fourth-order valence-electron chi connectivity index (χ4n) is 1.89. The molecule has 0 spiro atoms. The van der Waals surface area contributed by atoms with Gasteiger partial charge in [-0.3, -0.25) is 0 Å². The SMILES string of the molecule is Cc1nc(N(C)c2ccc(C(C)(C)C)cc2)sc1C. The van der Waals surface area contributed by atoms with E-state index in [0.29, 0.717) is 0 Å². The molecule has 102 valence electrons. The van der Waals surface area contributed by atoms with Gasteiger partial charge in [0, 0.05) is 17.6 Å². The number of anilines is 2. The van der Waals surface area contributed by atoms with E-state index in [1.165, 1.54) is 16.1 Å². The first-order valence-electron chi connectivity index (χ1n) is 6.57. The molecule has 0 amide bonds. The standard InChI is InChI=1S/C16H22N2S/c1-11-12(2)19-15(17-11)18(6)14-9-7-13(8-10-14)16(3,4)5/h7-10H,1-6H3. The zero-order valence-corrected chi connectivity index (χ0v) is 13.4. The van der Waals surface area contributed by atoms with Crippen LogP contribution in [0.3, 0.4) is 0 Å². The van der Waals surface area contributed by atoms with Crippen molar-refractivity contribution in [2.24, 2.45) is 0 Å². The highest BCUT2D eigenvalue weighted by atomic mass is 32.1. The third kappa shape index (κ3) is 2.98. The van der Waals surface area contributed by atoms with Crippen LogP contribution >= 0.6 is 11.3 Å². The van der Waals surface area contributed by atoms with Crippen LogP contribution in [0.4, 0.5) is 10.8 Å². The van der Waals surface area contributed by atoms with Gasteiger partial charge in [0.1, 0.15) is 0 Å². The van der Waals surface area contributed by atoms with Gasteiger partial charge in [-0.15, -0.1) is 11.3 Å². The molecule has 0 aliphatic carbocycles. The molecule has 19 heavy (non-hydrogen) atoms. The predicted octanol–water partition coefficient (Wildman–Crippen LogP) is 4.83. The van der Waals surface area contributed by atoms with Crippen molar-refractivity contribution in [3.05, 3.63) is 40.4 Å². The fourth-order valence-corrected chi connectivity index (χ4v) is 2.79. The van der Waals surface area contributed by atoms with E-state index in [4.69, 9.17) is 0 Å². The Hall–Kier alpha value is -1.35. The van der Waals surface area contributed by atoms with Crippen molar-refractivity contribution in [2.75, 3.05) is 11.9 Å². The number of aromatic nitrogens is 1. The number of nitrogens with zero attached hydrogens (tertiary/aromatic N) is 2. The van der Waals surface area contributed by atoms with Crippen molar-refractivity contribution in [1.29, 1.82) is 0 Å². The number of hydrogen-bond acceptors (Lipinski definition) is 3. The van der Waals surface area contributed by atoms with E-state index in [0.717, 1.165) is 10.8 Å². The second kappa shape index (κ2) is 4.97.